The van der Waals surface area contributed by atoms with Gasteiger partial charge in [0.1, 0.15) is 10.0 Å². The summed E-state index contributed by atoms with van der Waals surface area (Å²) in [5.74, 6) is -1.11. The molecule has 1 unspecified atom stereocenters. The Morgan fingerprint density at radius 3 is 2.05 bits per heavy atom. The first-order valence-electron chi connectivity index (χ1n) is 12.7. The van der Waals surface area contributed by atoms with Crippen LogP contribution in [-0.2, 0) is 27.4 Å². The van der Waals surface area contributed by atoms with Crippen LogP contribution < -0.4 is 29.6 Å². The summed E-state index contributed by atoms with van der Waals surface area (Å²) in [5, 5.41) is 3.73. The molecule has 0 bridgehead atoms. The molecule has 1 aromatic heterocycles. The monoisotopic (exact) mass is 591 g/mol. The number of nitrogens with zero attached hydrogens (tertiary/aromatic N) is 3. The van der Waals surface area contributed by atoms with Crippen molar-refractivity contribution in [1.82, 2.24) is 9.78 Å². The van der Waals surface area contributed by atoms with Crippen LogP contribution in [0.3, 0.4) is 0 Å². The minimum atomic E-state index is -4.67. The fourth-order valence-corrected chi connectivity index (χ4v) is 5.19. The van der Waals surface area contributed by atoms with Gasteiger partial charge in [-0.25, -0.2) is 13.1 Å². The summed E-state index contributed by atoms with van der Waals surface area (Å²) < 4.78 is 70.8. The molecule has 0 aliphatic carbocycles. The summed E-state index contributed by atoms with van der Waals surface area (Å²) in [6.07, 6.45) is -3.78. The van der Waals surface area contributed by atoms with Crippen molar-refractivity contribution in [3.63, 3.8) is 0 Å². The Hall–Kier alpha value is -2.92. The van der Waals surface area contributed by atoms with Gasteiger partial charge in [0.15, 0.2) is 5.69 Å². The van der Waals surface area contributed by atoms with Crippen molar-refractivity contribution in [1.29, 1.82) is 0 Å². The summed E-state index contributed by atoms with van der Waals surface area (Å²) in [5.41, 5.74) is 2.55. The molecule has 3 aromatic carbocycles. The SMILES string of the molecule is Cc1ccc(-c2cc(C(F)(F)F)nn2-c2ccc(S(=O)(=O)[N-]C(=O)C(C)c3ccc(CC(C)C)cc3)cc2)cc1.[Na+]. The van der Waals surface area contributed by atoms with E-state index in [-0.39, 0.29) is 45.8 Å². The zero-order valence-corrected chi connectivity index (χ0v) is 26.3. The number of sulfonamides is 1. The zero-order chi connectivity index (χ0) is 29.2. The molecular weight excluding hydrogens is 562 g/mol. The summed E-state index contributed by atoms with van der Waals surface area (Å²) in [6, 6.07) is 20.3. The summed E-state index contributed by atoms with van der Waals surface area (Å²) in [7, 11) is -4.35. The molecule has 4 rings (SSSR count). The molecule has 210 valence electrons. The van der Waals surface area contributed by atoms with Crippen LogP contribution in [0, 0.1) is 12.8 Å². The van der Waals surface area contributed by atoms with Crippen molar-refractivity contribution in [3.05, 3.63) is 106 Å². The summed E-state index contributed by atoms with van der Waals surface area (Å²) in [4.78, 5) is 12.5. The van der Waals surface area contributed by atoms with Crippen molar-refractivity contribution in [3.8, 4) is 16.9 Å². The van der Waals surface area contributed by atoms with Crippen LogP contribution in [0.1, 0.15) is 49.1 Å². The van der Waals surface area contributed by atoms with Gasteiger partial charge < -0.3 is 9.52 Å². The van der Waals surface area contributed by atoms with Gasteiger partial charge in [0.25, 0.3) is 0 Å². The van der Waals surface area contributed by atoms with E-state index in [1.54, 1.807) is 43.3 Å². The van der Waals surface area contributed by atoms with Crippen LogP contribution in [0.2, 0.25) is 0 Å². The Morgan fingerprint density at radius 2 is 1.51 bits per heavy atom. The smallest absolute Gasteiger partial charge is 0.541 e. The largest absolute Gasteiger partial charge is 1.00 e. The van der Waals surface area contributed by atoms with E-state index < -0.39 is 33.7 Å². The minimum absolute atomic E-state index is 0. The number of hydrogen-bond donors (Lipinski definition) is 0. The number of rotatable bonds is 8. The van der Waals surface area contributed by atoms with Gasteiger partial charge in [-0.05, 0) is 60.7 Å². The third-order valence-electron chi connectivity index (χ3n) is 6.43. The topological polar surface area (TPSA) is 83.1 Å². The Balaban J connectivity index is 0.00000462. The van der Waals surface area contributed by atoms with Crippen LogP contribution in [-0.4, -0.2) is 24.1 Å². The van der Waals surface area contributed by atoms with Crippen molar-refractivity contribution in [2.45, 2.75) is 51.1 Å². The molecule has 0 aliphatic rings. The number of hydrogen-bond acceptors (Lipinski definition) is 4. The molecule has 1 amide bonds. The maximum atomic E-state index is 13.5. The van der Waals surface area contributed by atoms with Gasteiger partial charge in [0.05, 0.1) is 22.2 Å². The van der Waals surface area contributed by atoms with E-state index in [1.165, 1.54) is 24.3 Å². The average Bonchev–Trinajstić information content (AvgIpc) is 3.35. The first-order valence-corrected chi connectivity index (χ1v) is 14.1. The molecule has 41 heavy (non-hydrogen) atoms. The predicted octanol–water partition coefficient (Wildman–Crippen LogP) is 4.46. The fraction of sp³-hybridized carbons (Fsp3) is 0.267. The second-order valence-corrected chi connectivity index (χ2v) is 11.8. The third kappa shape index (κ3) is 7.88. The summed E-state index contributed by atoms with van der Waals surface area (Å²) in [6.45, 7) is 7.66. The molecule has 0 radical (unpaired) electrons. The fourth-order valence-electron chi connectivity index (χ4n) is 4.21. The number of carbonyl (C=O) groups is 1. The van der Waals surface area contributed by atoms with Gasteiger partial charge in [-0.15, -0.1) is 0 Å². The van der Waals surface area contributed by atoms with Gasteiger partial charge in [-0.3, -0.25) is 0 Å². The van der Waals surface area contributed by atoms with Crippen LogP contribution in [0.4, 0.5) is 13.2 Å². The first-order chi connectivity index (χ1) is 18.7. The number of alkyl halides is 3. The van der Waals surface area contributed by atoms with Gasteiger partial charge >= 0.3 is 35.7 Å². The maximum Gasteiger partial charge on any atom is 1.00 e. The first kappa shape index (κ1) is 32.6. The number of aromatic nitrogens is 2. The predicted molar refractivity (Wildman–Crippen MR) is 148 cm³/mol. The third-order valence-corrected chi connectivity index (χ3v) is 7.72. The van der Waals surface area contributed by atoms with Crippen molar-refractivity contribution in [2.24, 2.45) is 5.92 Å². The van der Waals surface area contributed by atoms with Crippen molar-refractivity contribution < 1.29 is 55.9 Å². The van der Waals surface area contributed by atoms with Crippen LogP contribution in [0.15, 0.2) is 83.8 Å². The Kier molecular flexibility index (Phi) is 10.3. The molecule has 0 spiro atoms. The van der Waals surface area contributed by atoms with Crippen LogP contribution >= 0.6 is 0 Å². The Labute approximate surface area is 260 Å². The van der Waals surface area contributed by atoms with E-state index in [4.69, 9.17) is 0 Å². The molecule has 0 N–H and O–H groups in total. The van der Waals surface area contributed by atoms with Gasteiger partial charge in [-0.2, -0.15) is 18.3 Å². The number of benzene rings is 3. The van der Waals surface area contributed by atoms with E-state index >= 15 is 0 Å². The zero-order valence-electron chi connectivity index (χ0n) is 23.5. The quantitative estimate of drug-likeness (QED) is 0.284. The molecule has 11 heteroatoms. The van der Waals surface area contributed by atoms with Crippen molar-refractivity contribution >= 4 is 15.9 Å². The molecule has 0 fully saturated rings. The van der Waals surface area contributed by atoms with Crippen molar-refractivity contribution in [2.75, 3.05) is 0 Å². The summed E-state index contributed by atoms with van der Waals surface area (Å²) >= 11 is 0. The molecular formula is C30H29F3N3NaO3S. The molecule has 1 atom stereocenters. The van der Waals surface area contributed by atoms with Gasteiger partial charge in [-0.1, -0.05) is 74.9 Å². The van der Waals surface area contributed by atoms with E-state index in [1.807, 2.05) is 19.1 Å². The van der Waals surface area contributed by atoms with E-state index in [9.17, 15) is 26.4 Å². The van der Waals surface area contributed by atoms with Crippen LogP contribution in [0.5, 0.6) is 0 Å². The molecule has 0 saturated carbocycles. The molecule has 0 aliphatic heterocycles. The molecule has 4 aromatic rings. The second-order valence-electron chi connectivity index (χ2n) is 10.2. The van der Waals surface area contributed by atoms with E-state index in [0.717, 1.165) is 28.3 Å². The Bertz CT molecular complexity index is 1600. The maximum absolute atomic E-state index is 13.5. The number of amides is 1. The second kappa shape index (κ2) is 12.9. The number of halogens is 3. The van der Waals surface area contributed by atoms with Gasteiger partial charge in [0.2, 0.25) is 0 Å². The molecule has 0 saturated heterocycles. The average molecular weight is 592 g/mol. The normalized spacial score (nSPS) is 12.6. The standard InChI is InChI=1S/C30H30F3N3O3S.Na/c1-19(2)17-22-7-11-23(12-8-22)21(4)29(37)35-40(38,39)26-15-13-25(14-16-26)36-27(18-28(34-36)30(31,32)33)24-9-5-20(3)6-10-24;/h5-16,18-19,21H,17H2,1-4H3,(H,35,37);/q;+1/p-1. The van der Waals surface area contributed by atoms with E-state index in [2.05, 4.69) is 23.7 Å². The number of aryl methyl sites for hydroxylation is 1. The minimum Gasteiger partial charge on any atom is -0.541 e. The molecule has 6 nitrogen and oxygen atoms in total. The Morgan fingerprint density at radius 1 is 0.927 bits per heavy atom. The van der Waals surface area contributed by atoms with Crippen LogP contribution in [0.25, 0.3) is 21.7 Å². The molecule has 1 heterocycles. The van der Waals surface area contributed by atoms with E-state index in [0.29, 0.717) is 17.0 Å². The number of carbonyl (C=O) groups excluding carboxylic acids is 1. The van der Waals surface area contributed by atoms with Gasteiger partial charge in [0, 0.05) is 11.5 Å².